The van der Waals surface area contributed by atoms with E-state index in [4.69, 9.17) is 15.6 Å². The molecule has 1 aromatic rings. The molecule has 4 nitrogen and oxygen atoms in total. The molecular formula is C11H12F3NO3S. The number of ether oxygens (including phenoxy) is 1. The van der Waals surface area contributed by atoms with Crippen molar-refractivity contribution in [1.82, 2.24) is 0 Å². The monoisotopic (exact) mass is 295 g/mol. The number of aliphatic carboxylic acids is 1. The van der Waals surface area contributed by atoms with E-state index in [1.807, 2.05) is 0 Å². The largest absolute Gasteiger partial charge is 0.496 e. The Morgan fingerprint density at radius 3 is 2.63 bits per heavy atom. The summed E-state index contributed by atoms with van der Waals surface area (Å²) < 4.78 is 42.4. The number of carboxylic acids is 1. The van der Waals surface area contributed by atoms with Crippen LogP contribution in [0.4, 0.5) is 18.9 Å². The summed E-state index contributed by atoms with van der Waals surface area (Å²) in [6, 6.07) is 4.47. The lowest BCUT2D eigenvalue weighted by Crippen LogP contribution is -2.32. The summed E-state index contributed by atoms with van der Waals surface area (Å²) >= 11 is 0.762. The van der Waals surface area contributed by atoms with Crippen LogP contribution >= 0.6 is 11.8 Å². The van der Waals surface area contributed by atoms with Gasteiger partial charge in [0.05, 0.1) is 7.11 Å². The van der Waals surface area contributed by atoms with Crippen LogP contribution in [0, 0.1) is 5.92 Å². The number of carboxylic acid groups (broad SMARTS) is 1. The third kappa shape index (κ3) is 4.23. The van der Waals surface area contributed by atoms with E-state index < -0.39 is 23.8 Å². The highest BCUT2D eigenvalue weighted by Gasteiger charge is 2.45. The molecule has 1 unspecified atom stereocenters. The zero-order valence-electron chi connectivity index (χ0n) is 9.90. The zero-order chi connectivity index (χ0) is 14.6. The lowest BCUT2D eigenvalue weighted by Gasteiger charge is -2.16. The maximum Gasteiger partial charge on any atom is 0.403 e. The Balaban J connectivity index is 2.83. The first-order valence-corrected chi connectivity index (χ1v) is 6.10. The van der Waals surface area contributed by atoms with Crippen molar-refractivity contribution in [3.8, 4) is 5.75 Å². The Hall–Kier alpha value is -1.57. The first-order valence-electron chi connectivity index (χ1n) is 5.11. The molecule has 0 bridgehead atoms. The van der Waals surface area contributed by atoms with Crippen molar-refractivity contribution in [2.45, 2.75) is 11.1 Å². The maximum absolute atomic E-state index is 12.5. The Morgan fingerprint density at radius 1 is 1.53 bits per heavy atom. The van der Waals surface area contributed by atoms with Gasteiger partial charge >= 0.3 is 12.1 Å². The summed E-state index contributed by atoms with van der Waals surface area (Å²) in [5.74, 6) is -4.62. The fraction of sp³-hybridized carbons (Fsp3) is 0.364. The number of methoxy groups -OCH3 is 1. The summed E-state index contributed by atoms with van der Waals surface area (Å²) in [4.78, 5) is 11.0. The fourth-order valence-electron chi connectivity index (χ4n) is 1.28. The number of benzene rings is 1. The number of nitrogens with two attached hydrogens (primary N) is 1. The first-order chi connectivity index (χ1) is 8.75. The quantitative estimate of drug-likeness (QED) is 0.645. The van der Waals surface area contributed by atoms with Crippen LogP contribution in [0.1, 0.15) is 0 Å². The van der Waals surface area contributed by atoms with Gasteiger partial charge in [0.15, 0.2) is 5.92 Å². The Bertz CT molecular complexity index is 465. The lowest BCUT2D eigenvalue weighted by atomic mass is 10.2. The first kappa shape index (κ1) is 15.5. The van der Waals surface area contributed by atoms with E-state index in [-0.39, 0.29) is 0 Å². The van der Waals surface area contributed by atoms with Crippen molar-refractivity contribution in [1.29, 1.82) is 0 Å². The van der Waals surface area contributed by atoms with Crippen LogP contribution in [0.2, 0.25) is 0 Å². The second-order valence-electron chi connectivity index (χ2n) is 3.65. The molecule has 8 heteroatoms. The van der Waals surface area contributed by atoms with Crippen molar-refractivity contribution in [2.24, 2.45) is 5.92 Å². The van der Waals surface area contributed by atoms with Crippen molar-refractivity contribution < 1.29 is 27.8 Å². The Kier molecular flexibility index (Phi) is 4.93. The third-order valence-corrected chi connectivity index (χ3v) is 3.43. The number of hydrogen-bond acceptors (Lipinski definition) is 4. The molecule has 0 amide bonds. The van der Waals surface area contributed by atoms with E-state index >= 15 is 0 Å². The highest BCUT2D eigenvalue weighted by atomic mass is 32.2. The van der Waals surface area contributed by atoms with Gasteiger partial charge in [-0.15, -0.1) is 11.8 Å². The smallest absolute Gasteiger partial charge is 0.403 e. The van der Waals surface area contributed by atoms with E-state index in [0.717, 1.165) is 11.8 Å². The molecule has 0 radical (unpaired) electrons. The molecule has 3 N–H and O–H groups in total. The average molecular weight is 295 g/mol. The minimum absolute atomic E-state index is 0.316. The average Bonchev–Trinajstić information content (AvgIpc) is 2.28. The number of anilines is 1. The number of halogens is 3. The van der Waals surface area contributed by atoms with Crippen LogP contribution in [0.5, 0.6) is 5.75 Å². The molecule has 0 aromatic heterocycles. The third-order valence-electron chi connectivity index (χ3n) is 2.29. The number of nitrogen functional groups attached to an aromatic ring is 1. The molecule has 0 aliphatic rings. The molecule has 0 saturated carbocycles. The zero-order valence-corrected chi connectivity index (χ0v) is 10.7. The van der Waals surface area contributed by atoms with Gasteiger partial charge in [-0.3, -0.25) is 4.79 Å². The maximum atomic E-state index is 12.5. The van der Waals surface area contributed by atoms with Gasteiger partial charge in [-0.1, -0.05) is 0 Å². The van der Waals surface area contributed by atoms with Crippen LogP contribution in [0.3, 0.4) is 0 Å². The molecule has 0 aliphatic heterocycles. The molecule has 1 atom stereocenters. The molecule has 0 fully saturated rings. The van der Waals surface area contributed by atoms with E-state index in [0.29, 0.717) is 16.3 Å². The van der Waals surface area contributed by atoms with Crippen molar-refractivity contribution in [2.75, 3.05) is 18.6 Å². The molecular weight excluding hydrogens is 283 g/mol. The van der Waals surface area contributed by atoms with Gasteiger partial charge in [0.25, 0.3) is 0 Å². The van der Waals surface area contributed by atoms with Gasteiger partial charge in [-0.2, -0.15) is 13.2 Å². The van der Waals surface area contributed by atoms with Crippen molar-refractivity contribution >= 4 is 23.4 Å². The molecule has 0 saturated heterocycles. The van der Waals surface area contributed by atoms with Gasteiger partial charge < -0.3 is 15.6 Å². The molecule has 0 aliphatic carbocycles. The summed E-state index contributed by atoms with van der Waals surface area (Å²) in [6.45, 7) is 0. The number of thioether (sulfide) groups is 1. The molecule has 1 aromatic carbocycles. The molecule has 0 heterocycles. The van der Waals surface area contributed by atoms with E-state index in [1.165, 1.54) is 25.3 Å². The molecule has 0 spiro atoms. The molecule has 106 valence electrons. The summed E-state index contributed by atoms with van der Waals surface area (Å²) in [6.07, 6.45) is -4.78. The Labute approximate surface area is 111 Å². The second kappa shape index (κ2) is 6.05. The van der Waals surface area contributed by atoms with E-state index in [1.54, 1.807) is 0 Å². The van der Waals surface area contributed by atoms with Gasteiger partial charge in [0.2, 0.25) is 0 Å². The number of hydrogen-bond donors (Lipinski definition) is 2. The second-order valence-corrected chi connectivity index (χ2v) is 4.72. The predicted octanol–water partition coefficient (Wildman–Crippen LogP) is 2.63. The van der Waals surface area contributed by atoms with Crippen molar-refractivity contribution in [3.63, 3.8) is 0 Å². The van der Waals surface area contributed by atoms with Crippen molar-refractivity contribution in [3.05, 3.63) is 18.2 Å². The fourth-order valence-corrected chi connectivity index (χ4v) is 2.41. The molecule has 1 rings (SSSR count). The Morgan fingerprint density at radius 2 is 2.16 bits per heavy atom. The highest BCUT2D eigenvalue weighted by Crippen LogP contribution is 2.36. The summed E-state index contributed by atoms with van der Waals surface area (Å²) in [7, 11) is 1.36. The molecule has 19 heavy (non-hydrogen) atoms. The summed E-state index contributed by atoms with van der Waals surface area (Å²) in [5.41, 5.74) is 5.92. The minimum Gasteiger partial charge on any atom is -0.496 e. The van der Waals surface area contributed by atoms with Crippen LogP contribution in [0.25, 0.3) is 0 Å². The van der Waals surface area contributed by atoms with Gasteiger partial charge in [0, 0.05) is 22.4 Å². The number of alkyl halides is 3. The minimum atomic E-state index is -4.78. The normalized spacial score (nSPS) is 13.1. The standard InChI is InChI=1S/C11H12F3NO3S/c1-18-8-4-6(15)2-3-9(8)19-5-7(10(16)17)11(12,13)14/h2-4,7H,5,15H2,1H3,(H,16,17). The highest BCUT2D eigenvalue weighted by molar-refractivity contribution is 7.99. The number of rotatable bonds is 5. The van der Waals surface area contributed by atoms with E-state index in [9.17, 15) is 18.0 Å². The predicted molar refractivity (Wildman–Crippen MR) is 65.3 cm³/mol. The van der Waals surface area contributed by atoms with Crippen LogP contribution in [-0.2, 0) is 4.79 Å². The van der Waals surface area contributed by atoms with E-state index in [2.05, 4.69) is 0 Å². The lowest BCUT2D eigenvalue weighted by molar-refractivity contribution is -0.188. The van der Waals surface area contributed by atoms with Crippen LogP contribution in [-0.4, -0.2) is 30.1 Å². The summed E-state index contributed by atoms with van der Waals surface area (Å²) in [5, 5.41) is 8.57. The van der Waals surface area contributed by atoms with Crippen LogP contribution in [0.15, 0.2) is 23.1 Å². The van der Waals surface area contributed by atoms with Gasteiger partial charge in [-0.25, -0.2) is 0 Å². The van der Waals surface area contributed by atoms with Crippen LogP contribution < -0.4 is 10.5 Å². The number of carbonyl (C=O) groups is 1. The van der Waals surface area contributed by atoms with Gasteiger partial charge in [0.1, 0.15) is 5.75 Å². The van der Waals surface area contributed by atoms with Gasteiger partial charge in [-0.05, 0) is 12.1 Å². The topological polar surface area (TPSA) is 72.5 Å². The SMILES string of the molecule is COc1cc(N)ccc1SCC(C(=O)O)C(F)(F)F.